The van der Waals surface area contributed by atoms with Gasteiger partial charge in [0.05, 0.1) is 11.8 Å². The fraction of sp³-hybridized carbons (Fsp3) is 0.714. The summed E-state index contributed by atoms with van der Waals surface area (Å²) in [5.74, 6) is 0.518. The second-order valence-electron chi connectivity index (χ2n) is 5.35. The Morgan fingerprint density at radius 2 is 2.26 bits per heavy atom. The second-order valence-corrected chi connectivity index (χ2v) is 5.35. The normalized spacial score (nSPS) is 23.3. The third kappa shape index (κ3) is 2.81. The standard InChI is InChI=1S/C14H24N4O/c1-3-18(13-7-5-4-6-11(13)8-15)14(19)12-9-16-17-10(12)2/h9,11,13H,3-8,15H2,1-2H3,(H,16,17). The lowest BCUT2D eigenvalue weighted by molar-refractivity contribution is 0.0559. The number of aromatic amines is 1. The molecule has 0 aromatic carbocycles. The highest BCUT2D eigenvalue weighted by Crippen LogP contribution is 2.29. The van der Waals surface area contributed by atoms with Gasteiger partial charge in [-0.2, -0.15) is 5.10 Å². The van der Waals surface area contributed by atoms with Crippen LogP contribution in [0, 0.1) is 12.8 Å². The summed E-state index contributed by atoms with van der Waals surface area (Å²) in [6.45, 7) is 5.31. The quantitative estimate of drug-likeness (QED) is 0.869. The summed E-state index contributed by atoms with van der Waals surface area (Å²) in [5, 5.41) is 6.78. The predicted molar refractivity (Wildman–Crippen MR) is 74.8 cm³/mol. The molecule has 2 atom stereocenters. The van der Waals surface area contributed by atoms with Crippen LogP contribution in [-0.2, 0) is 0 Å². The van der Waals surface area contributed by atoms with E-state index in [2.05, 4.69) is 10.2 Å². The molecule has 0 spiro atoms. The van der Waals surface area contributed by atoms with Crippen molar-refractivity contribution in [1.82, 2.24) is 15.1 Å². The first-order chi connectivity index (χ1) is 9.19. The zero-order chi connectivity index (χ0) is 13.8. The van der Waals surface area contributed by atoms with E-state index in [-0.39, 0.29) is 11.9 Å². The van der Waals surface area contributed by atoms with Gasteiger partial charge in [0.25, 0.3) is 5.91 Å². The van der Waals surface area contributed by atoms with E-state index in [1.165, 1.54) is 12.8 Å². The molecule has 1 amide bonds. The lowest BCUT2D eigenvalue weighted by Gasteiger charge is -2.39. The van der Waals surface area contributed by atoms with Gasteiger partial charge >= 0.3 is 0 Å². The van der Waals surface area contributed by atoms with E-state index in [1.54, 1.807) is 6.20 Å². The summed E-state index contributed by atoms with van der Waals surface area (Å²) in [6, 6.07) is 0.283. The topological polar surface area (TPSA) is 75.0 Å². The minimum atomic E-state index is 0.0825. The summed E-state index contributed by atoms with van der Waals surface area (Å²) >= 11 is 0. The van der Waals surface area contributed by atoms with Gasteiger partial charge < -0.3 is 10.6 Å². The van der Waals surface area contributed by atoms with Gasteiger partial charge in [0.15, 0.2) is 0 Å². The van der Waals surface area contributed by atoms with Crippen LogP contribution in [0.3, 0.4) is 0 Å². The molecule has 1 aliphatic rings. The number of nitrogens with zero attached hydrogens (tertiary/aromatic N) is 2. The molecule has 1 aromatic heterocycles. The third-order valence-electron chi connectivity index (χ3n) is 4.23. The molecular weight excluding hydrogens is 240 g/mol. The number of hydrogen-bond acceptors (Lipinski definition) is 3. The molecule has 0 aliphatic heterocycles. The molecule has 106 valence electrons. The molecule has 5 nitrogen and oxygen atoms in total. The molecular formula is C14H24N4O. The number of carbonyl (C=O) groups is 1. The van der Waals surface area contributed by atoms with E-state index in [9.17, 15) is 4.79 Å². The maximum Gasteiger partial charge on any atom is 0.257 e. The smallest absolute Gasteiger partial charge is 0.257 e. The van der Waals surface area contributed by atoms with Gasteiger partial charge in [0.1, 0.15) is 0 Å². The van der Waals surface area contributed by atoms with Crippen molar-refractivity contribution in [2.45, 2.75) is 45.6 Å². The molecule has 1 aromatic rings. The number of nitrogens with one attached hydrogen (secondary N) is 1. The molecule has 19 heavy (non-hydrogen) atoms. The number of carbonyl (C=O) groups excluding carboxylic acids is 1. The lowest BCUT2D eigenvalue weighted by atomic mass is 9.83. The summed E-state index contributed by atoms with van der Waals surface area (Å²) in [5.41, 5.74) is 7.40. The Hall–Kier alpha value is -1.36. The number of aromatic nitrogens is 2. The maximum absolute atomic E-state index is 12.6. The van der Waals surface area contributed by atoms with Crippen molar-refractivity contribution < 1.29 is 4.79 Å². The van der Waals surface area contributed by atoms with Crippen molar-refractivity contribution >= 4 is 5.91 Å². The molecule has 0 bridgehead atoms. The van der Waals surface area contributed by atoms with E-state index < -0.39 is 0 Å². The van der Waals surface area contributed by atoms with Gasteiger partial charge in [-0.15, -0.1) is 0 Å². The van der Waals surface area contributed by atoms with E-state index in [1.807, 2.05) is 18.7 Å². The van der Waals surface area contributed by atoms with Crippen molar-refractivity contribution in [3.05, 3.63) is 17.5 Å². The monoisotopic (exact) mass is 264 g/mol. The first-order valence-electron chi connectivity index (χ1n) is 7.20. The Kier molecular flexibility index (Phi) is 4.58. The number of amides is 1. The minimum absolute atomic E-state index is 0.0825. The Bertz CT molecular complexity index is 429. The Morgan fingerprint density at radius 1 is 1.53 bits per heavy atom. The van der Waals surface area contributed by atoms with Crippen LogP contribution in [0.25, 0.3) is 0 Å². The van der Waals surface area contributed by atoms with Gasteiger partial charge in [0, 0.05) is 18.3 Å². The zero-order valence-electron chi connectivity index (χ0n) is 11.9. The number of H-pyrrole nitrogens is 1. The lowest BCUT2D eigenvalue weighted by Crippen LogP contribution is -2.48. The van der Waals surface area contributed by atoms with Crippen LogP contribution in [0.5, 0.6) is 0 Å². The number of hydrogen-bond donors (Lipinski definition) is 2. The first kappa shape index (κ1) is 14.1. The average Bonchev–Trinajstić information content (AvgIpc) is 2.86. The Morgan fingerprint density at radius 3 is 2.84 bits per heavy atom. The maximum atomic E-state index is 12.6. The average molecular weight is 264 g/mol. The molecule has 0 radical (unpaired) electrons. The summed E-state index contributed by atoms with van der Waals surface area (Å²) in [7, 11) is 0. The predicted octanol–water partition coefficient (Wildman–Crippen LogP) is 1.70. The molecule has 1 aliphatic carbocycles. The highest BCUT2D eigenvalue weighted by Gasteiger charge is 2.32. The van der Waals surface area contributed by atoms with Gasteiger partial charge in [-0.1, -0.05) is 12.8 Å². The second kappa shape index (κ2) is 6.19. The van der Waals surface area contributed by atoms with Crippen LogP contribution in [-0.4, -0.2) is 40.1 Å². The molecule has 1 heterocycles. The van der Waals surface area contributed by atoms with Crippen molar-refractivity contribution in [2.24, 2.45) is 11.7 Å². The van der Waals surface area contributed by atoms with E-state index in [0.29, 0.717) is 18.0 Å². The molecule has 3 N–H and O–H groups in total. The van der Waals surface area contributed by atoms with Crippen molar-refractivity contribution in [3.63, 3.8) is 0 Å². The van der Waals surface area contributed by atoms with Crippen LogP contribution in [0.2, 0.25) is 0 Å². The number of nitrogens with two attached hydrogens (primary N) is 1. The molecule has 1 saturated carbocycles. The molecule has 1 fully saturated rings. The van der Waals surface area contributed by atoms with E-state index >= 15 is 0 Å². The van der Waals surface area contributed by atoms with Crippen LogP contribution in [0.15, 0.2) is 6.20 Å². The highest BCUT2D eigenvalue weighted by atomic mass is 16.2. The molecule has 5 heteroatoms. The highest BCUT2D eigenvalue weighted by molar-refractivity contribution is 5.95. The van der Waals surface area contributed by atoms with Crippen LogP contribution >= 0.6 is 0 Å². The molecule has 2 rings (SSSR count). The van der Waals surface area contributed by atoms with Crippen LogP contribution < -0.4 is 5.73 Å². The number of rotatable bonds is 4. The SMILES string of the molecule is CCN(C(=O)c1cn[nH]c1C)C1CCCCC1CN. The Labute approximate surface area is 114 Å². The van der Waals surface area contributed by atoms with Crippen LogP contribution in [0.4, 0.5) is 0 Å². The van der Waals surface area contributed by atoms with Gasteiger partial charge in [-0.3, -0.25) is 9.89 Å². The number of aryl methyl sites for hydroxylation is 1. The van der Waals surface area contributed by atoms with E-state index in [0.717, 1.165) is 25.1 Å². The molecule has 0 saturated heterocycles. The fourth-order valence-corrected chi connectivity index (χ4v) is 3.12. The Balaban J connectivity index is 2.19. The van der Waals surface area contributed by atoms with Crippen LogP contribution in [0.1, 0.15) is 48.7 Å². The fourth-order valence-electron chi connectivity index (χ4n) is 3.12. The van der Waals surface area contributed by atoms with Crippen molar-refractivity contribution in [2.75, 3.05) is 13.1 Å². The zero-order valence-corrected chi connectivity index (χ0v) is 11.9. The van der Waals surface area contributed by atoms with Gasteiger partial charge in [0.2, 0.25) is 0 Å². The molecule has 2 unspecified atom stereocenters. The van der Waals surface area contributed by atoms with Crippen molar-refractivity contribution in [3.8, 4) is 0 Å². The van der Waals surface area contributed by atoms with Crippen molar-refractivity contribution in [1.29, 1.82) is 0 Å². The largest absolute Gasteiger partial charge is 0.336 e. The minimum Gasteiger partial charge on any atom is -0.336 e. The summed E-state index contributed by atoms with van der Waals surface area (Å²) in [6.07, 6.45) is 6.25. The first-order valence-corrected chi connectivity index (χ1v) is 7.20. The summed E-state index contributed by atoms with van der Waals surface area (Å²) in [4.78, 5) is 14.6. The van der Waals surface area contributed by atoms with Gasteiger partial charge in [-0.05, 0) is 39.2 Å². The van der Waals surface area contributed by atoms with Gasteiger partial charge in [-0.25, -0.2) is 0 Å². The third-order valence-corrected chi connectivity index (χ3v) is 4.23. The summed E-state index contributed by atoms with van der Waals surface area (Å²) < 4.78 is 0. The van der Waals surface area contributed by atoms with E-state index in [4.69, 9.17) is 5.73 Å².